The van der Waals surface area contributed by atoms with E-state index in [2.05, 4.69) is 29.0 Å². The van der Waals surface area contributed by atoms with Crippen molar-refractivity contribution in [1.82, 2.24) is 23.9 Å². The molecule has 1 unspecified atom stereocenters. The summed E-state index contributed by atoms with van der Waals surface area (Å²) >= 11 is 0. The van der Waals surface area contributed by atoms with Crippen molar-refractivity contribution in [1.29, 1.82) is 0 Å². The second-order valence-corrected chi connectivity index (χ2v) is 9.50. The van der Waals surface area contributed by atoms with Crippen molar-refractivity contribution in [2.45, 2.75) is 32.6 Å². The summed E-state index contributed by atoms with van der Waals surface area (Å²) in [5.41, 5.74) is 1.15. The Morgan fingerprint density at radius 2 is 2.07 bits per heavy atom. The van der Waals surface area contributed by atoms with E-state index in [0.717, 1.165) is 43.8 Å². The summed E-state index contributed by atoms with van der Waals surface area (Å²) < 4.78 is 27.4. The van der Waals surface area contributed by atoms with Crippen LogP contribution < -0.4 is 5.32 Å². The molecule has 9 heteroatoms. The molecule has 2 aromatic rings. The van der Waals surface area contributed by atoms with Gasteiger partial charge in [0.05, 0.1) is 11.8 Å². The van der Waals surface area contributed by atoms with Crippen molar-refractivity contribution in [2.75, 3.05) is 45.5 Å². The van der Waals surface area contributed by atoms with Gasteiger partial charge in [-0.05, 0) is 38.1 Å². The highest BCUT2D eigenvalue weighted by Gasteiger charge is 2.30. The Hall–Kier alpha value is -1.97. The molecule has 2 aromatic heterocycles. The van der Waals surface area contributed by atoms with Crippen molar-refractivity contribution >= 4 is 21.4 Å². The molecule has 0 aliphatic carbocycles. The lowest BCUT2D eigenvalue weighted by atomic mass is 9.99. The maximum atomic E-state index is 12.8. The van der Waals surface area contributed by atoms with Crippen LogP contribution in [-0.4, -0.2) is 78.4 Å². The highest BCUT2D eigenvalue weighted by molar-refractivity contribution is 7.88. The minimum atomic E-state index is -3.24. The van der Waals surface area contributed by atoms with Crippen LogP contribution in [0.25, 0.3) is 5.52 Å². The largest absolute Gasteiger partial charge is 0.349 e. The molecule has 160 valence electrons. The number of piperidine rings is 1. The molecule has 1 fully saturated rings. The van der Waals surface area contributed by atoms with Gasteiger partial charge in [0, 0.05) is 38.3 Å². The van der Waals surface area contributed by atoms with E-state index in [1.165, 1.54) is 10.6 Å². The number of aromatic nitrogens is 2. The molecule has 1 atom stereocenters. The first-order valence-corrected chi connectivity index (χ1v) is 12.1. The highest BCUT2D eigenvalue weighted by Crippen LogP contribution is 2.29. The summed E-state index contributed by atoms with van der Waals surface area (Å²) in [6, 6.07) is 5.67. The lowest BCUT2D eigenvalue weighted by Crippen LogP contribution is -2.38. The van der Waals surface area contributed by atoms with Crippen molar-refractivity contribution in [3.8, 4) is 0 Å². The molecule has 3 heterocycles. The normalized spacial score (nSPS) is 18.4. The van der Waals surface area contributed by atoms with Gasteiger partial charge in [0.2, 0.25) is 10.0 Å². The van der Waals surface area contributed by atoms with E-state index in [1.807, 2.05) is 28.8 Å². The Morgan fingerprint density at radius 1 is 1.31 bits per heavy atom. The second-order valence-electron chi connectivity index (χ2n) is 7.52. The molecule has 8 nitrogen and oxygen atoms in total. The number of imidazole rings is 1. The van der Waals surface area contributed by atoms with Crippen LogP contribution in [0.5, 0.6) is 0 Å². The fourth-order valence-corrected chi connectivity index (χ4v) is 4.83. The number of rotatable bonds is 8. The predicted octanol–water partition coefficient (Wildman–Crippen LogP) is 1.54. The number of nitrogens with one attached hydrogen (secondary N) is 1. The number of hydrogen-bond acceptors (Lipinski definition) is 5. The molecule has 0 bridgehead atoms. The molecule has 1 aliphatic heterocycles. The van der Waals surface area contributed by atoms with Gasteiger partial charge in [-0.2, -0.15) is 0 Å². The lowest BCUT2D eigenvalue weighted by Gasteiger charge is -2.30. The van der Waals surface area contributed by atoms with Crippen molar-refractivity contribution < 1.29 is 13.2 Å². The molecule has 3 rings (SSSR count). The second kappa shape index (κ2) is 9.23. The van der Waals surface area contributed by atoms with Gasteiger partial charge >= 0.3 is 0 Å². The summed E-state index contributed by atoms with van der Waals surface area (Å²) in [5.74, 6) is 0.524. The Labute approximate surface area is 172 Å². The van der Waals surface area contributed by atoms with E-state index in [4.69, 9.17) is 0 Å². The van der Waals surface area contributed by atoms with Crippen LogP contribution in [0, 0.1) is 0 Å². The molecular formula is C20H31N5O3S. The number of fused-ring (bicyclic) bond motifs is 1. The van der Waals surface area contributed by atoms with Crippen molar-refractivity contribution in [2.24, 2.45) is 0 Å². The Morgan fingerprint density at radius 3 is 2.76 bits per heavy atom. The van der Waals surface area contributed by atoms with Crippen LogP contribution in [0.1, 0.15) is 48.9 Å². The monoisotopic (exact) mass is 421 g/mol. The zero-order valence-electron chi connectivity index (χ0n) is 17.5. The van der Waals surface area contributed by atoms with Gasteiger partial charge in [-0.25, -0.2) is 17.7 Å². The summed E-state index contributed by atoms with van der Waals surface area (Å²) in [6.07, 6.45) is 4.77. The first-order chi connectivity index (χ1) is 13.8. The van der Waals surface area contributed by atoms with E-state index in [0.29, 0.717) is 25.3 Å². The van der Waals surface area contributed by atoms with Crippen LogP contribution >= 0.6 is 0 Å². The van der Waals surface area contributed by atoms with Gasteiger partial charge in [-0.1, -0.05) is 19.9 Å². The van der Waals surface area contributed by atoms with E-state index < -0.39 is 10.0 Å². The average molecular weight is 422 g/mol. The van der Waals surface area contributed by atoms with Crippen molar-refractivity contribution in [3.63, 3.8) is 0 Å². The fraction of sp³-hybridized carbons (Fsp3) is 0.600. The summed E-state index contributed by atoms with van der Waals surface area (Å²) in [5, 5.41) is 2.98. The SMILES string of the molecule is CCN(CC)CCNC(=O)c1nc(C2CCCN(S(C)(=O)=O)C2)n2ccccc12. The average Bonchev–Trinajstić information content (AvgIpc) is 3.10. The number of nitrogens with zero attached hydrogens (tertiary/aromatic N) is 4. The van der Waals surface area contributed by atoms with Crippen LogP contribution in [0.4, 0.5) is 0 Å². The number of carbonyl (C=O) groups excluding carboxylic acids is 1. The fourth-order valence-electron chi connectivity index (χ4n) is 3.92. The van der Waals surface area contributed by atoms with Crippen LogP contribution in [0.15, 0.2) is 24.4 Å². The molecule has 1 amide bonds. The number of pyridine rings is 1. The van der Waals surface area contributed by atoms with Crippen molar-refractivity contribution in [3.05, 3.63) is 35.9 Å². The summed E-state index contributed by atoms with van der Waals surface area (Å²) in [7, 11) is -3.24. The molecule has 0 aromatic carbocycles. The number of carbonyl (C=O) groups is 1. The van der Waals surface area contributed by atoms with Gasteiger partial charge < -0.3 is 14.6 Å². The zero-order chi connectivity index (χ0) is 21.0. The Kier molecular flexibility index (Phi) is 6.92. The number of amides is 1. The van der Waals surface area contributed by atoms with E-state index in [-0.39, 0.29) is 11.8 Å². The molecular weight excluding hydrogens is 390 g/mol. The topological polar surface area (TPSA) is 87.0 Å². The van der Waals surface area contributed by atoms with Crippen LogP contribution in [0.3, 0.4) is 0 Å². The molecule has 1 aliphatic rings. The number of sulfonamides is 1. The van der Waals surface area contributed by atoms with Gasteiger partial charge in [0.25, 0.3) is 5.91 Å². The Bertz CT molecular complexity index is 952. The van der Waals surface area contributed by atoms with Gasteiger partial charge in [0.15, 0.2) is 5.69 Å². The third-order valence-electron chi connectivity index (χ3n) is 5.62. The number of hydrogen-bond donors (Lipinski definition) is 1. The summed E-state index contributed by atoms with van der Waals surface area (Å²) in [6.45, 7) is 8.39. The molecule has 0 saturated carbocycles. The lowest BCUT2D eigenvalue weighted by molar-refractivity contribution is 0.0946. The molecule has 0 radical (unpaired) electrons. The highest BCUT2D eigenvalue weighted by atomic mass is 32.2. The van der Waals surface area contributed by atoms with Crippen LogP contribution in [-0.2, 0) is 10.0 Å². The smallest absolute Gasteiger partial charge is 0.272 e. The number of likely N-dealkylation sites (N-methyl/N-ethyl adjacent to an activating group) is 1. The van der Waals surface area contributed by atoms with Crippen LogP contribution in [0.2, 0.25) is 0 Å². The van der Waals surface area contributed by atoms with Gasteiger partial charge in [0.1, 0.15) is 5.82 Å². The molecule has 1 saturated heterocycles. The molecule has 29 heavy (non-hydrogen) atoms. The molecule has 0 spiro atoms. The first-order valence-electron chi connectivity index (χ1n) is 10.3. The minimum absolute atomic E-state index is 0.0365. The maximum absolute atomic E-state index is 12.8. The maximum Gasteiger partial charge on any atom is 0.272 e. The summed E-state index contributed by atoms with van der Waals surface area (Å²) in [4.78, 5) is 19.8. The van der Waals surface area contributed by atoms with Gasteiger partial charge in [-0.3, -0.25) is 4.79 Å². The van der Waals surface area contributed by atoms with E-state index in [9.17, 15) is 13.2 Å². The molecule has 1 N–H and O–H groups in total. The first kappa shape index (κ1) is 21.7. The van der Waals surface area contributed by atoms with E-state index >= 15 is 0 Å². The standard InChI is InChI=1S/C20H31N5O3S/c1-4-23(5-2)14-11-21-20(26)18-17-10-6-7-13-25(17)19(22-18)16-9-8-12-24(15-16)29(3,27)28/h6-7,10,13,16H,4-5,8-9,11-12,14-15H2,1-3H3,(H,21,26). The third kappa shape index (κ3) is 4.96. The van der Waals surface area contributed by atoms with Gasteiger partial charge in [-0.15, -0.1) is 0 Å². The predicted molar refractivity (Wildman–Crippen MR) is 114 cm³/mol. The quantitative estimate of drug-likeness (QED) is 0.699. The zero-order valence-corrected chi connectivity index (χ0v) is 18.3. The third-order valence-corrected chi connectivity index (χ3v) is 6.89. The minimum Gasteiger partial charge on any atom is -0.349 e. The van der Waals surface area contributed by atoms with E-state index in [1.54, 1.807) is 0 Å². The Balaban J connectivity index is 1.83.